The maximum atomic E-state index is 12.2. The van der Waals surface area contributed by atoms with E-state index in [1.165, 1.54) is 11.1 Å². The molecule has 1 heterocycles. The van der Waals surface area contributed by atoms with Gasteiger partial charge < -0.3 is 5.32 Å². The van der Waals surface area contributed by atoms with Crippen LogP contribution < -0.4 is 5.32 Å². The lowest BCUT2D eigenvalue weighted by Crippen LogP contribution is -2.45. The van der Waals surface area contributed by atoms with E-state index < -0.39 is 4.92 Å². The van der Waals surface area contributed by atoms with E-state index in [-0.39, 0.29) is 24.2 Å². The fraction of sp³-hybridized carbons (Fsp3) is 0.733. The molecule has 122 valence electrons. The molecule has 0 saturated heterocycles. The van der Waals surface area contributed by atoms with Crippen molar-refractivity contribution in [2.24, 2.45) is 11.8 Å². The van der Waals surface area contributed by atoms with Crippen molar-refractivity contribution in [3.8, 4) is 0 Å². The first-order valence-corrected chi connectivity index (χ1v) is 7.79. The lowest BCUT2D eigenvalue weighted by atomic mass is 9.78. The lowest BCUT2D eigenvalue weighted by Gasteiger charge is -2.34. The van der Waals surface area contributed by atoms with E-state index in [0.717, 1.165) is 12.8 Å². The molecule has 1 amide bonds. The number of aromatic nitrogens is 2. The van der Waals surface area contributed by atoms with Gasteiger partial charge in [-0.15, -0.1) is 0 Å². The number of amides is 1. The highest BCUT2D eigenvalue weighted by Gasteiger charge is 2.29. The Balaban J connectivity index is 2.03. The first kappa shape index (κ1) is 16.5. The predicted molar refractivity (Wildman–Crippen MR) is 82.5 cm³/mol. The van der Waals surface area contributed by atoms with E-state index in [1.54, 1.807) is 13.8 Å². The molecule has 1 aromatic rings. The molecule has 1 aliphatic carbocycles. The largest absolute Gasteiger partial charge is 0.351 e. The highest BCUT2D eigenvalue weighted by atomic mass is 16.6. The van der Waals surface area contributed by atoms with Crippen molar-refractivity contribution < 1.29 is 9.72 Å². The molecule has 0 spiro atoms. The van der Waals surface area contributed by atoms with Gasteiger partial charge in [0.2, 0.25) is 5.91 Å². The van der Waals surface area contributed by atoms with Crippen LogP contribution in [0.3, 0.4) is 0 Å². The van der Waals surface area contributed by atoms with E-state index in [9.17, 15) is 14.9 Å². The Hall–Kier alpha value is -1.92. The molecular formula is C15H24N4O3. The third-order valence-corrected chi connectivity index (χ3v) is 4.87. The van der Waals surface area contributed by atoms with Crippen molar-refractivity contribution in [1.29, 1.82) is 0 Å². The second-order valence-corrected chi connectivity index (χ2v) is 6.38. The van der Waals surface area contributed by atoms with Crippen LogP contribution in [0.4, 0.5) is 5.69 Å². The van der Waals surface area contributed by atoms with Crippen LogP contribution in [-0.2, 0) is 11.3 Å². The second-order valence-electron chi connectivity index (χ2n) is 6.38. The molecule has 0 bridgehead atoms. The summed E-state index contributed by atoms with van der Waals surface area (Å²) in [6.07, 6.45) is 3.33. The van der Waals surface area contributed by atoms with Crippen molar-refractivity contribution >= 4 is 11.6 Å². The zero-order valence-corrected chi connectivity index (χ0v) is 13.6. The number of nitro groups is 1. The van der Waals surface area contributed by atoms with E-state index >= 15 is 0 Å². The van der Waals surface area contributed by atoms with Gasteiger partial charge in [0.05, 0.1) is 4.92 Å². The summed E-state index contributed by atoms with van der Waals surface area (Å²) in [5.74, 6) is 0.924. The first-order valence-electron chi connectivity index (χ1n) is 7.79. The average molecular weight is 308 g/mol. The van der Waals surface area contributed by atoms with Gasteiger partial charge in [-0.25, -0.2) is 0 Å². The first-order chi connectivity index (χ1) is 10.3. The van der Waals surface area contributed by atoms with Gasteiger partial charge in [-0.1, -0.05) is 26.7 Å². The van der Waals surface area contributed by atoms with E-state index in [2.05, 4.69) is 24.3 Å². The van der Waals surface area contributed by atoms with Crippen molar-refractivity contribution in [2.45, 2.75) is 59.5 Å². The Morgan fingerprint density at radius 2 is 2.09 bits per heavy atom. The predicted octanol–water partition coefficient (Wildman–Crippen LogP) is 2.35. The highest BCUT2D eigenvalue weighted by molar-refractivity contribution is 5.76. The number of nitrogens with zero attached hydrogens (tertiary/aromatic N) is 3. The zero-order chi connectivity index (χ0) is 16.4. The summed E-state index contributed by atoms with van der Waals surface area (Å²) in [7, 11) is 0. The van der Waals surface area contributed by atoms with Crippen LogP contribution in [0.5, 0.6) is 0 Å². The number of carbonyl (C=O) groups is 1. The Kier molecular flexibility index (Phi) is 4.83. The number of nitrogens with one attached hydrogen (secondary N) is 1. The van der Waals surface area contributed by atoms with Crippen LogP contribution in [0.25, 0.3) is 0 Å². The van der Waals surface area contributed by atoms with E-state index in [0.29, 0.717) is 23.2 Å². The molecular weight excluding hydrogens is 284 g/mol. The van der Waals surface area contributed by atoms with Gasteiger partial charge in [0, 0.05) is 6.04 Å². The smallest absolute Gasteiger partial charge is 0.312 e. The molecule has 1 N–H and O–H groups in total. The van der Waals surface area contributed by atoms with Gasteiger partial charge in [-0.05, 0) is 32.1 Å². The SMILES string of the molecule is Cc1nn(CC(=O)N[C@@H]2CCC[C@H](C)[C@H]2C)c(C)c1[N+](=O)[O-]. The van der Waals surface area contributed by atoms with Crippen LogP contribution in [0.2, 0.25) is 0 Å². The summed E-state index contributed by atoms with van der Waals surface area (Å²) in [4.78, 5) is 22.8. The fourth-order valence-electron chi connectivity index (χ4n) is 3.28. The molecule has 22 heavy (non-hydrogen) atoms. The van der Waals surface area contributed by atoms with Crippen LogP contribution in [-0.4, -0.2) is 26.7 Å². The number of carbonyl (C=O) groups excluding carboxylic acids is 1. The maximum absolute atomic E-state index is 12.2. The summed E-state index contributed by atoms with van der Waals surface area (Å²) in [6.45, 7) is 7.62. The van der Waals surface area contributed by atoms with Gasteiger partial charge in [-0.2, -0.15) is 5.10 Å². The number of hydrogen-bond donors (Lipinski definition) is 1. The van der Waals surface area contributed by atoms with Crippen molar-refractivity contribution in [2.75, 3.05) is 0 Å². The highest BCUT2D eigenvalue weighted by Crippen LogP contribution is 2.29. The molecule has 1 aromatic heterocycles. The standard InChI is InChI=1S/C15H24N4O3/c1-9-6-5-7-13(10(9)2)16-14(20)8-18-12(4)15(19(21)22)11(3)17-18/h9-10,13H,5-8H2,1-4H3,(H,16,20)/t9-,10+,13+/m0/s1. The van der Waals surface area contributed by atoms with Gasteiger partial charge in [0.1, 0.15) is 17.9 Å². The molecule has 0 aliphatic heterocycles. The third-order valence-electron chi connectivity index (χ3n) is 4.87. The molecule has 1 fully saturated rings. The Morgan fingerprint density at radius 1 is 1.41 bits per heavy atom. The Morgan fingerprint density at radius 3 is 2.68 bits per heavy atom. The maximum Gasteiger partial charge on any atom is 0.312 e. The van der Waals surface area contributed by atoms with Gasteiger partial charge in [-0.3, -0.25) is 19.6 Å². The topological polar surface area (TPSA) is 90.1 Å². The van der Waals surface area contributed by atoms with Gasteiger partial charge in [0.15, 0.2) is 0 Å². The third kappa shape index (κ3) is 3.28. The molecule has 1 aliphatic rings. The average Bonchev–Trinajstić information content (AvgIpc) is 2.69. The lowest BCUT2D eigenvalue weighted by molar-refractivity contribution is -0.386. The summed E-state index contributed by atoms with van der Waals surface area (Å²) in [6, 6.07) is 0.184. The second kappa shape index (κ2) is 6.46. The van der Waals surface area contributed by atoms with E-state index in [4.69, 9.17) is 0 Å². The Labute approximate surface area is 130 Å². The van der Waals surface area contributed by atoms with Crippen LogP contribution in [0.1, 0.15) is 44.5 Å². The van der Waals surface area contributed by atoms with Gasteiger partial charge in [0.25, 0.3) is 0 Å². The molecule has 0 aromatic carbocycles. The summed E-state index contributed by atoms with van der Waals surface area (Å²) in [5, 5.41) is 18.2. The van der Waals surface area contributed by atoms with Crippen LogP contribution in [0.15, 0.2) is 0 Å². The minimum absolute atomic E-state index is 0.00698. The van der Waals surface area contributed by atoms with E-state index in [1.807, 2.05) is 0 Å². The van der Waals surface area contributed by atoms with Crippen molar-refractivity contribution in [1.82, 2.24) is 15.1 Å². The zero-order valence-electron chi connectivity index (χ0n) is 13.6. The molecule has 0 radical (unpaired) electrons. The molecule has 7 heteroatoms. The molecule has 1 saturated carbocycles. The molecule has 0 unspecified atom stereocenters. The molecule has 7 nitrogen and oxygen atoms in total. The monoisotopic (exact) mass is 308 g/mol. The van der Waals surface area contributed by atoms with Crippen LogP contribution >= 0.6 is 0 Å². The Bertz CT molecular complexity index is 582. The number of rotatable bonds is 4. The van der Waals surface area contributed by atoms with Gasteiger partial charge >= 0.3 is 5.69 Å². The minimum Gasteiger partial charge on any atom is -0.351 e. The quantitative estimate of drug-likeness (QED) is 0.683. The summed E-state index contributed by atoms with van der Waals surface area (Å²) >= 11 is 0. The number of hydrogen-bond acceptors (Lipinski definition) is 4. The normalized spacial score (nSPS) is 25.0. The van der Waals surface area contributed by atoms with Crippen LogP contribution in [0, 0.1) is 35.8 Å². The summed E-state index contributed by atoms with van der Waals surface area (Å²) in [5.41, 5.74) is 0.755. The van der Waals surface area contributed by atoms with Crippen molar-refractivity contribution in [3.05, 3.63) is 21.5 Å². The number of aryl methyl sites for hydroxylation is 1. The molecule has 2 rings (SSSR count). The minimum atomic E-state index is -0.447. The molecule has 3 atom stereocenters. The fourth-order valence-corrected chi connectivity index (χ4v) is 3.28. The van der Waals surface area contributed by atoms with Crippen molar-refractivity contribution in [3.63, 3.8) is 0 Å². The summed E-state index contributed by atoms with van der Waals surface area (Å²) < 4.78 is 1.42.